The minimum atomic E-state index is 0.803. The van der Waals surface area contributed by atoms with Gasteiger partial charge >= 0.3 is 0 Å². The van der Waals surface area contributed by atoms with E-state index in [0.717, 1.165) is 28.4 Å². The van der Waals surface area contributed by atoms with Gasteiger partial charge in [0, 0.05) is 21.5 Å². The lowest BCUT2D eigenvalue weighted by molar-refractivity contribution is 0.484. The molecule has 0 aliphatic carbocycles. The van der Waals surface area contributed by atoms with Gasteiger partial charge in [-0.3, -0.25) is 0 Å². The first-order valence-corrected chi connectivity index (χ1v) is 8.34. The Balaban J connectivity index is 1.75. The molecule has 2 aromatic heterocycles. The second-order valence-corrected chi connectivity index (χ2v) is 6.39. The molecule has 112 valence electrons. The SMILES string of the molecule is Ic1ccc(Oc2ccccc2-c2cn3ccccc3n2)cc1. The fraction of sp³-hybridized carbons (Fsp3) is 0. The molecule has 0 fully saturated rings. The monoisotopic (exact) mass is 412 g/mol. The highest BCUT2D eigenvalue weighted by atomic mass is 127. The van der Waals surface area contributed by atoms with Gasteiger partial charge in [0.2, 0.25) is 0 Å². The molecule has 0 atom stereocenters. The van der Waals surface area contributed by atoms with Crippen molar-refractivity contribution in [2.75, 3.05) is 0 Å². The molecule has 3 nitrogen and oxygen atoms in total. The Morgan fingerprint density at radius 3 is 2.48 bits per heavy atom. The van der Waals surface area contributed by atoms with E-state index in [1.54, 1.807) is 0 Å². The van der Waals surface area contributed by atoms with Crippen molar-refractivity contribution in [3.05, 3.63) is 82.7 Å². The van der Waals surface area contributed by atoms with Gasteiger partial charge in [-0.2, -0.15) is 0 Å². The average molecular weight is 412 g/mol. The third-order valence-electron chi connectivity index (χ3n) is 3.57. The summed E-state index contributed by atoms with van der Waals surface area (Å²) in [7, 11) is 0. The molecule has 0 bridgehead atoms. The minimum Gasteiger partial charge on any atom is -0.457 e. The maximum Gasteiger partial charge on any atom is 0.137 e. The van der Waals surface area contributed by atoms with Crippen LogP contribution >= 0.6 is 22.6 Å². The Morgan fingerprint density at radius 1 is 0.870 bits per heavy atom. The maximum atomic E-state index is 6.06. The Morgan fingerprint density at radius 2 is 1.65 bits per heavy atom. The fourth-order valence-electron chi connectivity index (χ4n) is 2.46. The van der Waals surface area contributed by atoms with Crippen LogP contribution < -0.4 is 4.74 Å². The summed E-state index contributed by atoms with van der Waals surface area (Å²) in [4.78, 5) is 4.68. The van der Waals surface area contributed by atoms with Crippen molar-refractivity contribution in [1.29, 1.82) is 0 Å². The van der Waals surface area contributed by atoms with Crippen molar-refractivity contribution in [2.24, 2.45) is 0 Å². The number of aromatic nitrogens is 2. The molecule has 0 aliphatic heterocycles. The summed E-state index contributed by atoms with van der Waals surface area (Å²) in [6.07, 6.45) is 4.01. The van der Waals surface area contributed by atoms with Crippen molar-refractivity contribution in [3.8, 4) is 22.8 Å². The first-order chi connectivity index (χ1) is 11.3. The first-order valence-electron chi connectivity index (χ1n) is 7.26. The van der Waals surface area contributed by atoms with Crippen LogP contribution in [0.4, 0.5) is 0 Å². The van der Waals surface area contributed by atoms with E-state index in [0.29, 0.717) is 0 Å². The number of halogens is 1. The molecule has 4 heteroatoms. The molecule has 0 amide bonds. The van der Waals surface area contributed by atoms with E-state index in [9.17, 15) is 0 Å². The molecule has 2 aromatic carbocycles. The third kappa shape index (κ3) is 2.94. The normalized spacial score (nSPS) is 10.8. The number of pyridine rings is 1. The molecular weight excluding hydrogens is 399 g/mol. The molecule has 4 rings (SSSR count). The van der Waals surface area contributed by atoms with E-state index in [4.69, 9.17) is 4.74 Å². The summed E-state index contributed by atoms with van der Waals surface area (Å²) in [6, 6.07) is 22.0. The number of fused-ring (bicyclic) bond motifs is 1. The zero-order chi connectivity index (χ0) is 15.6. The molecule has 23 heavy (non-hydrogen) atoms. The summed E-state index contributed by atoms with van der Waals surface area (Å²) >= 11 is 2.28. The van der Waals surface area contributed by atoms with Crippen LogP contribution in [0.15, 0.2) is 79.1 Å². The van der Waals surface area contributed by atoms with Gasteiger partial charge in [0.1, 0.15) is 17.1 Å². The molecule has 2 heterocycles. The Hall–Kier alpha value is -2.34. The van der Waals surface area contributed by atoms with Crippen LogP contribution in [0.5, 0.6) is 11.5 Å². The average Bonchev–Trinajstić information content (AvgIpc) is 3.01. The highest BCUT2D eigenvalue weighted by Crippen LogP contribution is 2.32. The lowest BCUT2D eigenvalue weighted by Crippen LogP contribution is -1.88. The number of hydrogen-bond donors (Lipinski definition) is 0. The van der Waals surface area contributed by atoms with Gasteiger partial charge in [-0.15, -0.1) is 0 Å². The summed E-state index contributed by atoms with van der Waals surface area (Å²) in [6.45, 7) is 0. The number of imidazole rings is 1. The lowest BCUT2D eigenvalue weighted by Gasteiger charge is -2.09. The molecule has 0 saturated heterocycles. The van der Waals surface area contributed by atoms with Crippen molar-refractivity contribution in [2.45, 2.75) is 0 Å². The molecule has 0 N–H and O–H groups in total. The molecule has 0 spiro atoms. The van der Waals surface area contributed by atoms with Crippen LogP contribution in [0.1, 0.15) is 0 Å². The Bertz CT molecular complexity index is 927. The zero-order valence-corrected chi connectivity index (χ0v) is 14.3. The number of hydrogen-bond acceptors (Lipinski definition) is 2. The highest BCUT2D eigenvalue weighted by Gasteiger charge is 2.10. The van der Waals surface area contributed by atoms with E-state index in [1.165, 1.54) is 3.57 Å². The summed E-state index contributed by atoms with van der Waals surface area (Å²) < 4.78 is 9.26. The molecule has 0 unspecified atom stereocenters. The van der Waals surface area contributed by atoms with Gasteiger partial charge in [-0.1, -0.05) is 18.2 Å². The Labute approximate surface area is 147 Å². The largest absolute Gasteiger partial charge is 0.457 e. The van der Waals surface area contributed by atoms with E-state index >= 15 is 0 Å². The number of rotatable bonds is 3. The number of nitrogens with zero attached hydrogens (tertiary/aromatic N) is 2. The van der Waals surface area contributed by atoms with Crippen molar-refractivity contribution in [3.63, 3.8) is 0 Å². The highest BCUT2D eigenvalue weighted by molar-refractivity contribution is 14.1. The summed E-state index contributed by atoms with van der Waals surface area (Å²) in [5, 5.41) is 0. The second kappa shape index (κ2) is 6.04. The zero-order valence-electron chi connectivity index (χ0n) is 12.2. The lowest BCUT2D eigenvalue weighted by atomic mass is 10.1. The molecule has 4 aromatic rings. The van der Waals surface area contributed by atoms with Crippen LogP contribution in [0.2, 0.25) is 0 Å². The van der Waals surface area contributed by atoms with Crippen LogP contribution in [-0.2, 0) is 0 Å². The van der Waals surface area contributed by atoms with Crippen LogP contribution in [0.25, 0.3) is 16.9 Å². The molecular formula is C19H13IN2O. The van der Waals surface area contributed by atoms with Gasteiger partial charge in [-0.05, 0) is 71.1 Å². The maximum absolute atomic E-state index is 6.06. The van der Waals surface area contributed by atoms with Crippen LogP contribution in [0.3, 0.4) is 0 Å². The number of para-hydroxylation sites is 1. The molecule has 0 radical (unpaired) electrons. The number of ether oxygens (including phenoxy) is 1. The number of benzene rings is 2. The third-order valence-corrected chi connectivity index (χ3v) is 4.29. The van der Waals surface area contributed by atoms with Crippen molar-refractivity contribution < 1.29 is 4.74 Å². The van der Waals surface area contributed by atoms with Crippen LogP contribution in [-0.4, -0.2) is 9.38 Å². The van der Waals surface area contributed by atoms with Gasteiger partial charge in [0.25, 0.3) is 0 Å². The quantitative estimate of drug-likeness (QED) is 0.422. The van der Waals surface area contributed by atoms with E-state index in [2.05, 4.69) is 27.6 Å². The predicted molar refractivity (Wildman–Crippen MR) is 99.9 cm³/mol. The fourth-order valence-corrected chi connectivity index (χ4v) is 2.82. The van der Waals surface area contributed by atoms with Crippen molar-refractivity contribution in [1.82, 2.24) is 9.38 Å². The van der Waals surface area contributed by atoms with Gasteiger partial charge in [0.15, 0.2) is 0 Å². The van der Waals surface area contributed by atoms with Gasteiger partial charge in [-0.25, -0.2) is 4.98 Å². The molecule has 0 saturated carbocycles. The minimum absolute atomic E-state index is 0.803. The van der Waals surface area contributed by atoms with Gasteiger partial charge < -0.3 is 9.14 Å². The topological polar surface area (TPSA) is 26.5 Å². The smallest absolute Gasteiger partial charge is 0.137 e. The van der Waals surface area contributed by atoms with E-state index < -0.39 is 0 Å². The second-order valence-electron chi connectivity index (χ2n) is 5.14. The van der Waals surface area contributed by atoms with Gasteiger partial charge in [0.05, 0.1) is 5.69 Å². The van der Waals surface area contributed by atoms with Crippen molar-refractivity contribution >= 4 is 28.2 Å². The summed E-state index contributed by atoms with van der Waals surface area (Å²) in [5.41, 5.74) is 2.80. The Kier molecular flexibility index (Phi) is 3.75. The van der Waals surface area contributed by atoms with E-state index in [1.807, 2.05) is 83.5 Å². The summed E-state index contributed by atoms with van der Waals surface area (Å²) in [5.74, 6) is 1.62. The van der Waals surface area contributed by atoms with Crippen LogP contribution in [0, 0.1) is 3.57 Å². The van der Waals surface area contributed by atoms with E-state index in [-0.39, 0.29) is 0 Å². The first kappa shape index (κ1) is 14.3. The standard InChI is InChI=1S/C19H13IN2O/c20-14-8-10-15(11-9-14)23-18-6-2-1-5-16(18)17-13-22-12-4-3-7-19(22)21-17/h1-13H. The predicted octanol–water partition coefficient (Wildman–Crippen LogP) is 5.40. The molecule has 0 aliphatic rings.